The first kappa shape index (κ1) is 25.7. The highest BCUT2D eigenvalue weighted by Crippen LogP contribution is 2.39. The zero-order valence-electron chi connectivity index (χ0n) is 22.8. The molecule has 0 saturated carbocycles. The molecular weight excluding hydrogens is 472 g/mol. The molecule has 6 nitrogen and oxygen atoms in total. The number of para-hydroxylation sites is 1. The molecule has 6 heteroatoms. The van der Waals surface area contributed by atoms with E-state index in [1.807, 2.05) is 26.8 Å². The molecular formula is C32H36N4O2. The van der Waals surface area contributed by atoms with Gasteiger partial charge in [-0.25, -0.2) is 4.79 Å². The van der Waals surface area contributed by atoms with Crippen LogP contribution in [0.25, 0.3) is 11.1 Å². The molecule has 0 bridgehead atoms. The van der Waals surface area contributed by atoms with E-state index in [1.54, 1.807) is 4.90 Å². The van der Waals surface area contributed by atoms with Crippen LogP contribution in [0.15, 0.2) is 60.7 Å². The molecule has 0 atom stereocenters. The van der Waals surface area contributed by atoms with Crippen molar-refractivity contribution in [2.45, 2.75) is 46.3 Å². The van der Waals surface area contributed by atoms with Crippen molar-refractivity contribution in [3.05, 3.63) is 82.9 Å². The minimum Gasteiger partial charge on any atom is -0.444 e. The average Bonchev–Trinajstić information content (AvgIpc) is 2.92. The molecule has 1 fully saturated rings. The van der Waals surface area contributed by atoms with E-state index in [2.05, 4.69) is 77.4 Å². The fraction of sp³-hybridized carbons (Fsp3) is 0.375. The highest BCUT2D eigenvalue weighted by atomic mass is 16.6. The maximum atomic E-state index is 13.0. The van der Waals surface area contributed by atoms with Crippen LogP contribution in [0, 0.1) is 18.3 Å². The Bertz CT molecular complexity index is 1350. The van der Waals surface area contributed by atoms with Crippen molar-refractivity contribution in [3.63, 3.8) is 0 Å². The monoisotopic (exact) mass is 508 g/mol. The Morgan fingerprint density at radius 2 is 1.55 bits per heavy atom. The molecule has 0 N–H and O–H groups in total. The smallest absolute Gasteiger partial charge is 0.410 e. The van der Waals surface area contributed by atoms with Crippen molar-refractivity contribution in [2.24, 2.45) is 0 Å². The molecule has 196 valence electrons. The topological polar surface area (TPSA) is 59.8 Å². The second-order valence-corrected chi connectivity index (χ2v) is 11.2. The first-order valence-electron chi connectivity index (χ1n) is 13.4. The quantitative estimate of drug-likeness (QED) is 0.424. The summed E-state index contributed by atoms with van der Waals surface area (Å²) in [4.78, 5) is 19.5. The standard InChI is InChI=1S/C32H36N4O2/c1-23-10-12-24(13-11-23)27-20-30(35-18-16-34(17-19-35)25-8-6-5-7-9-25)28(21-33)26-14-15-36(22-29(26)27)31(37)38-32(2,3)4/h5-13,20H,14-19,22H2,1-4H3. The van der Waals surface area contributed by atoms with E-state index in [1.165, 1.54) is 11.3 Å². The molecule has 0 spiro atoms. The predicted octanol–water partition coefficient (Wildman–Crippen LogP) is 6.15. The van der Waals surface area contributed by atoms with Crippen molar-refractivity contribution in [2.75, 3.05) is 42.5 Å². The largest absolute Gasteiger partial charge is 0.444 e. The summed E-state index contributed by atoms with van der Waals surface area (Å²) in [5.74, 6) is 0. The SMILES string of the molecule is Cc1ccc(-c2cc(N3CCN(c4ccccc4)CC3)c(C#N)c3c2CN(C(=O)OC(C)(C)C)CC3)cc1. The van der Waals surface area contributed by atoms with Crippen LogP contribution in [0.4, 0.5) is 16.2 Å². The van der Waals surface area contributed by atoms with Crippen molar-refractivity contribution < 1.29 is 9.53 Å². The number of carbonyl (C=O) groups excluding carboxylic acids is 1. The Balaban J connectivity index is 1.51. The Hall–Kier alpha value is -3.98. The lowest BCUT2D eigenvalue weighted by Gasteiger charge is -2.39. The van der Waals surface area contributed by atoms with Gasteiger partial charge in [0, 0.05) is 45.0 Å². The van der Waals surface area contributed by atoms with Gasteiger partial charge < -0.3 is 19.4 Å². The molecule has 0 aromatic heterocycles. The number of benzene rings is 3. The molecule has 1 saturated heterocycles. The van der Waals surface area contributed by atoms with Gasteiger partial charge in [-0.15, -0.1) is 0 Å². The number of nitrogens with zero attached hydrogens (tertiary/aromatic N) is 4. The van der Waals surface area contributed by atoms with E-state index >= 15 is 0 Å². The maximum Gasteiger partial charge on any atom is 0.410 e. The zero-order chi connectivity index (χ0) is 26.9. The van der Waals surface area contributed by atoms with Gasteiger partial charge in [0.15, 0.2) is 0 Å². The van der Waals surface area contributed by atoms with Crippen LogP contribution in [-0.4, -0.2) is 49.3 Å². The van der Waals surface area contributed by atoms with E-state index in [0.29, 0.717) is 19.5 Å². The van der Waals surface area contributed by atoms with Crippen molar-refractivity contribution in [3.8, 4) is 17.2 Å². The summed E-state index contributed by atoms with van der Waals surface area (Å²) in [7, 11) is 0. The van der Waals surface area contributed by atoms with Gasteiger partial charge in [-0.1, -0.05) is 48.0 Å². The van der Waals surface area contributed by atoms with Crippen molar-refractivity contribution in [1.82, 2.24) is 4.90 Å². The van der Waals surface area contributed by atoms with Crippen LogP contribution in [0.1, 0.15) is 43.0 Å². The number of hydrogen-bond acceptors (Lipinski definition) is 5. The van der Waals surface area contributed by atoms with Gasteiger partial charge in [0.2, 0.25) is 0 Å². The van der Waals surface area contributed by atoms with E-state index in [0.717, 1.165) is 59.7 Å². The van der Waals surface area contributed by atoms with E-state index in [-0.39, 0.29) is 6.09 Å². The second-order valence-electron chi connectivity index (χ2n) is 11.2. The molecule has 3 aromatic rings. The van der Waals surface area contributed by atoms with Gasteiger partial charge in [0.25, 0.3) is 0 Å². The molecule has 3 aromatic carbocycles. The summed E-state index contributed by atoms with van der Waals surface area (Å²) in [6.07, 6.45) is 0.325. The van der Waals surface area contributed by atoms with Crippen LogP contribution in [0.3, 0.4) is 0 Å². The van der Waals surface area contributed by atoms with Gasteiger partial charge in [0.1, 0.15) is 11.7 Å². The third-order valence-electron chi connectivity index (χ3n) is 7.38. The first-order valence-corrected chi connectivity index (χ1v) is 13.4. The molecule has 2 aliphatic rings. The fourth-order valence-electron chi connectivity index (χ4n) is 5.43. The highest BCUT2D eigenvalue weighted by molar-refractivity contribution is 5.80. The predicted molar refractivity (Wildman–Crippen MR) is 153 cm³/mol. The van der Waals surface area contributed by atoms with Crippen LogP contribution < -0.4 is 9.80 Å². The Morgan fingerprint density at radius 1 is 0.895 bits per heavy atom. The third-order valence-corrected chi connectivity index (χ3v) is 7.38. The number of piperazine rings is 1. The average molecular weight is 509 g/mol. The summed E-state index contributed by atoms with van der Waals surface area (Å²) >= 11 is 0. The van der Waals surface area contributed by atoms with Crippen LogP contribution >= 0.6 is 0 Å². The number of nitriles is 1. The van der Waals surface area contributed by atoms with Crippen molar-refractivity contribution >= 4 is 17.5 Å². The third kappa shape index (κ3) is 5.33. The molecule has 2 aliphatic heterocycles. The first-order chi connectivity index (χ1) is 18.2. The Labute approximate surface area is 226 Å². The molecule has 1 amide bonds. The lowest BCUT2D eigenvalue weighted by atomic mass is 9.86. The van der Waals surface area contributed by atoms with Gasteiger partial charge in [-0.3, -0.25) is 0 Å². The Kier molecular flexibility index (Phi) is 7.03. The fourth-order valence-corrected chi connectivity index (χ4v) is 5.43. The van der Waals surface area contributed by atoms with Gasteiger partial charge in [0.05, 0.1) is 11.3 Å². The van der Waals surface area contributed by atoms with Crippen LogP contribution in [0.2, 0.25) is 0 Å². The summed E-state index contributed by atoms with van der Waals surface area (Å²) in [6.45, 7) is 12.2. The molecule has 0 unspecified atom stereocenters. The molecule has 0 radical (unpaired) electrons. The van der Waals surface area contributed by atoms with Gasteiger partial charge in [-0.05, 0) is 74.6 Å². The minimum atomic E-state index is -0.555. The number of rotatable bonds is 3. The molecule has 5 rings (SSSR count). The number of fused-ring (bicyclic) bond motifs is 1. The lowest BCUT2D eigenvalue weighted by Crippen LogP contribution is -2.47. The number of hydrogen-bond donors (Lipinski definition) is 0. The summed E-state index contributed by atoms with van der Waals surface area (Å²) in [5.41, 5.74) is 7.93. The molecule has 0 aliphatic carbocycles. The van der Waals surface area contributed by atoms with Crippen LogP contribution in [-0.2, 0) is 17.7 Å². The van der Waals surface area contributed by atoms with Crippen LogP contribution in [0.5, 0.6) is 0 Å². The zero-order valence-corrected chi connectivity index (χ0v) is 22.8. The highest BCUT2D eigenvalue weighted by Gasteiger charge is 2.31. The summed E-state index contributed by atoms with van der Waals surface area (Å²) in [6, 6.07) is 23.7. The van der Waals surface area contributed by atoms with Gasteiger partial charge in [-0.2, -0.15) is 5.26 Å². The number of anilines is 2. The second kappa shape index (κ2) is 10.4. The molecule has 2 heterocycles. The normalized spacial score (nSPS) is 15.6. The lowest BCUT2D eigenvalue weighted by molar-refractivity contribution is 0.0224. The Morgan fingerprint density at radius 3 is 2.18 bits per heavy atom. The number of ether oxygens (including phenoxy) is 1. The van der Waals surface area contributed by atoms with Crippen molar-refractivity contribution in [1.29, 1.82) is 5.26 Å². The maximum absolute atomic E-state index is 13.0. The summed E-state index contributed by atoms with van der Waals surface area (Å²) < 4.78 is 5.68. The van der Waals surface area contributed by atoms with E-state index < -0.39 is 5.60 Å². The number of carbonyl (C=O) groups is 1. The molecule has 38 heavy (non-hydrogen) atoms. The van der Waals surface area contributed by atoms with Gasteiger partial charge >= 0.3 is 6.09 Å². The summed E-state index contributed by atoms with van der Waals surface area (Å²) in [5, 5.41) is 10.4. The minimum absolute atomic E-state index is 0.308. The van der Waals surface area contributed by atoms with E-state index in [4.69, 9.17) is 4.74 Å². The van der Waals surface area contributed by atoms with E-state index in [9.17, 15) is 10.1 Å². The number of aryl methyl sites for hydroxylation is 1. The number of amides is 1.